The van der Waals surface area contributed by atoms with E-state index < -0.39 is 23.4 Å². The molecule has 0 bridgehead atoms. The number of aryl methyl sites for hydroxylation is 3. The van der Waals surface area contributed by atoms with Gasteiger partial charge >= 0.3 is 12.0 Å². The number of benzene rings is 2. The number of methoxy groups -OCH3 is 1. The molecule has 0 spiro atoms. The van der Waals surface area contributed by atoms with E-state index in [0.29, 0.717) is 24.0 Å². The monoisotopic (exact) mass is 516 g/mol. The first kappa shape index (κ1) is 27.1. The average Bonchev–Trinajstić information content (AvgIpc) is 2.87. The maximum atomic E-state index is 13.7. The second-order valence-electron chi connectivity index (χ2n) is 10.2. The second-order valence-corrected chi connectivity index (χ2v) is 10.2. The fourth-order valence-electron chi connectivity index (χ4n) is 5.39. The number of hydrogen-bond acceptors (Lipinski definition) is 5. The van der Waals surface area contributed by atoms with E-state index in [1.54, 1.807) is 12.1 Å². The van der Waals surface area contributed by atoms with E-state index >= 15 is 0 Å². The number of esters is 1. The number of rotatable bonds is 5. The summed E-state index contributed by atoms with van der Waals surface area (Å²) in [6.45, 7) is 5.88. The van der Waals surface area contributed by atoms with E-state index in [1.807, 2.05) is 51.1 Å². The quantitative estimate of drug-likeness (QED) is 0.350. The highest BCUT2D eigenvalue weighted by Gasteiger charge is 2.41. The van der Waals surface area contributed by atoms with Gasteiger partial charge in [0, 0.05) is 11.1 Å². The van der Waals surface area contributed by atoms with Crippen LogP contribution in [0.2, 0.25) is 0 Å². The van der Waals surface area contributed by atoms with Crippen LogP contribution in [-0.2, 0) is 9.53 Å². The first-order chi connectivity index (χ1) is 18.2. The lowest BCUT2D eigenvalue weighted by Gasteiger charge is -2.33. The minimum atomic E-state index is -1.13. The number of hydrogen-bond donors (Lipinski definition) is 3. The standard InChI is InChI=1S/C30H36N4O4/c1-19-16-20(2)25(21(3)17-19)33-29(37)32-24-18-22-12-8-9-13-23(22)31-26(24)27(35)34-30(28(36)38-4)14-10-6-5-7-11-15-30/h8-9,12-13,16-18H,5-7,10-11,14-15H2,1-4H3,(H,34,35)(H2,32,33,37). The zero-order valence-electron chi connectivity index (χ0n) is 22.6. The Hall–Kier alpha value is -3.94. The Labute approximate surface area is 223 Å². The van der Waals surface area contributed by atoms with Gasteiger partial charge in [0.05, 0.1) is 18.3 Å². The van der Waals surface area contributed by atoms with E-state index in [0.717, 1.165) is 54.2 Å². The van der Waals surface area contributed by atoms with E-state index in [2.05, 4.69) is 20.9 Å². The van der Waals surface area contributed by atoms with Crippen molar-refractivity contribution >= 4 is 40.2 Å². The number of pyridine rings is 1. The van der Waals surface area contributed by atoms with Crippen molar-refractivity contribution in [3.63, 3.8) is 0 Å². The van der Waals surface area contributed by atoms with Gasteiger partial charge in [-0.15, -0.1) is 0 Å². The molecule has 4 rings (SSSR count). The van der Waals surface area contributed by atoms with Crippen LogP contribution in [0, 0.1) is 20.8 Å². The number of nitrogens with one attached hydrogen (secondary N) is 3. The van der Waals surface area contributed by atoms with Crippen LogP contribution in [0.15, 0.2) is 42.5 Å². The van der Waals surface area contributed by atoms with Gasteiger partial charge in [-0.2, -0.15) is 0 Å². The van der Waals surface area contributed by atoms with Crippen LogP contribution in [0.3, 0.4) is 0 Å². The number of anilines is 2. The number of fused-ring (bicyclic) bond motifs is 1. The van der Waals surface area contributed by atoms with Crippen LogP contribution in [0.25, 0.3) is 10.9 Å². The molecule has 1 aliphatic carbocycles. The maximum Gasteiger partial charge on any atom is 0.331 e. The largest absolute Gasteiger partial charge is 0.467 e. The van der Waals surface area contributed by atoms with Gasteiger partial charge in [0.1, 0.15) is 5.54 Å². The molecule has 38 heavy (non-hydrogen) atoms. The van der Waals surface area contributed by atoms with Crippen molar-refractivity contribution in [3.8, 4) is 0 Å². The molecule has 1 aromatic heterocycles. The molecular weight excluding hydrogens is 480 g/mol. The molecule has 0 radical (unpaired) electrons. The molecule has 1 aliphatic rings. The molecule has 1 heterocycles. The van der Waals surface area contributed by atoms with Crippen LogP contribution in [0.4, 0.5) is 16.2 Å². The van der Waals surface area contributed by atoms with Gasteiger partial charge in [0.15, 0.2) is 5.69 Å². The maximum absolute atomic E-state index is 13.7. The minimum Gasteiger partial charge on any atom is -0.467 e. The predicted molar refractivity (Wildman–Crippen MR) is 150 cm³/mol. The molecule has 3 N–H and O–H groups in total. The Balaban J connectivity index is 1.67. The molecule has 0 saturated heterocycles. The fraction of sp³-hybridized carbons (Fsp3) is 0.400. The summed E-state index contributed by atoms with van der Waals surface area (Å²) in [5.74, 6) is -0.981. The van der Waals surface area contributed by atoms with Crippen molar-refractivity contribution in [2.45, 2.75) is 71.3 Å². The number of carbonyl (C=O) groups is 3. The topological polar surface area (TPSA) is 109 Å². The van der Waals surface area contributed by atoms with Gasteiger partial charge in [-0.25, -0.2) is 14.6 Å². The second kappa shape index (κ2) is 11.6. The summed E-state index contributed by atoms with van der Waals surface area (Å²) in [5, 5.41) is 9.49. The molecule has 3 amide bonds. The Morgan fingerprint density at radius 3 is 2.16 bits per heavy atom. The molecule has 0 atom stereocenters. The molecule has 2 aromatic carbocycles. The Bertz CT molecular complexity index is 1340. The first-order valence-corrected chi connectivity index (χ1v) is 13.2. The van der Waals surface area contributed by atoms with E-state index in [4.69, 9.17) is 4.74 Å². The van der Waals surface area contributed by atoms with E-state index in [9.17, 15) is 14.4 Å². The summed E-state index contributed by atoms with van der Waals surface area (Å²) in [6.07, 6.45) is 5.71. The van der Waals surface area contributed by atoms with Crippen LogP contribution in [0.1, 0.15) is 72.1 Å². The summed E-state index contributed by atoms with van der Waals surface area (Å²) in [6, 6.07) is 12.6. The molecule has 200 valence electrons. The normalized spacial score (nSPS) is 15.2. The zero-order valence-corrected chi connectivity index (χ0v) is 22.6. The highest BCUT2D eigenvalue weighted by molar-refractivity contribution is 6.08. The Morgan fingerprint density at radius 2 is 1.50 bits per heavy atom. The molecule has 1 saturated carbocycles. The Morgan fingerprint density at radius 1 is 0.868 bits per heavy atom. The summed E-state index contributed by atoms with van der Waals surface area (Å²) < 4.78 is 5.13. The zero-order chi connectivity index (χ0) is 27.3. The molecule has 0 unspecified atom stereocenters. The molecule has 1 fully saturated rings. The molecule has 8 nitrogen and oxygen atoms in total. The molecule has 8 heteroatoms. The number of urea groups is 1. The lowest BCUT2D eigenvalue weighted by atomic mass is 9.83. The molecule has 0 aliphatic heterocycles. The van der Waals surface area contributed by atoms with Gasteiger partial charge < -0.3 is 20.7 Å². The van der Waals surface area contributed by atoms with Crippen molar-refractivity contribution in [2.75, 3.05) is 17.7 Å². The third-order valence-electron chi connectivity index (χ3n) is 7.24. The predicted octanol–water partition coefficient (Wildman–Crippen LogP) is 6.19. The lowest BCUT2D eigenvalue weighted by Crippen LogP contribution is -2.55. The van der Waals surface area contributed by atoms with Gasteiger partial charge in [-0.1, -0.05) is 68.0 Å². The number of carbonyl (C=O) groups excluding carboxylic acids is 3. The van der Waals surface area contributed by atoms with Crippen molar-refractivity contribution in [3.05, 3.63) is 64.8 Å². The SMILES string of the molecule is COC(=O)C1(NC(=O)c2nc3ccccc3cc2NC(=O)Nc2c(C)cc(C)cc2C)CCCCCCC1. The van der Waals surface area contributed by atoms with Crippen molar-refractivity contribution in [2.24, 2.45) is 0 Å². The van der Waals surface area contributed by atoms with E-state index in [1.165, 1.54) is 7.11 Å². The molecular formula is C30H36N4O4. The van der Waals surface area contributed by atoms with Gasteiger partial charge in [0.2, 0.25) is 0 Å². The van der Waals surface area contributed by atoms with Gasteiger partial charge in [-0.05, 0) is 56.9 Å². The Kier molecular flexibility index (Phi) is 8.29. The first-order valence-electron chi connectivity index (χ1n) is 13.2. The number of ether oxygens (including phenoxy) is 1. The highest BCUT2D eigenvalue weighted by Crippen LogP contribution is 2.30. The number of nitrogens with zero attached hydrogens (tertiary/aromatic N) is 1. The smallest absolute Gasteiger partial charge is 0.331 e. The van der Waals surface area contributed by atoms with Crippen LogP contribution < -0.4 is 16.0 Å². The third kappa shape index (κ3) is 5.96. The van der Waals surface area contributed by atoms with Gasteiger partial charge in [-0.3, -0.25) is 4.79 Å². The van der Waals surface area contributed by atoms with Crippen LogP contribution in [-0.4, -0.2) is 35.5 Å². The van der Waals surface area contributed by atoms with Crippen molar-refractivity contribution < 1.29 is 19.1 Å². The summed E-state index contributed by atoms with van der Waals surface area (Å²) >= 11 is 0. The molecule has 3 aromatic rings. The average molecular weight is 517 g/mol. The summed E-state index contributed by atoms with van der Waals surface area (Å²) in [4.78, 5) is 44.4. The highest BCUT2D eigenvalue weighted by atomic mass is 16.5. The van der Waals surface area contributed by atoms with E-state index in [-0.39, 0.29) is 11.4 Å². The number of para-hydroxylation sites is 1. The minimum absolute atomic E-state index is 0.0431. The summed E-state index contributed by atoms with van der Waals surface area (Å²) in [7, 11) is 1.34. The van der Waals surface area contributed by atoms with Crippen molar-refractivity contribution in [1.29, 1.82) is 0 Å². The number of amides is 3. The third-order valence-corrected chi connectivity index (χ3v) is 7.24. The lowest BCUT2D eigenvalue weighted by molar-refractivity contribution is -0.149. The van der Waals surface area contributed by atoms with Gasteiger partial charge in [0.25, 0.3) is 5.91 Å². The van der Waals surface area contributed by atoms with Crippen LogP contribution in [0.5, 0.6) is 0 Å². The number of aromatic nitrogens is 1. The van der Waals surface area contributed by atoms with Crippen LogP contribution >= 0.6 is 0 Å². The fourth-order valence-corrected chi connectivity index (χ4v) is 5.39. The van der Waals surface area contributed by atoms with Crippen molar-refractivity contribution in [1.82, 2.24) is 10.3 Å². The summed E-state index contributed by atoms with van der Waals surface area (Å²) in [5.41, 5.74) is 3.49.